The van der Waals surface area contributed by atoms with E-state index in [0.29, 0.717) is 17.5 Å². The highest BCUT2D eigenvalue weighted by Crippen LogP contribution is 2.34. The molecule has 0 fully saturated rings. The smallest absolute Gasteiger partial charge is 0.274 e. The fraction of sp³-hybridized carbons (Fsp3) is 0.125. The zero-order valence-corrected chi connectivity index (χ0v) is 16.9. The van der Waals surface area contributed by atoms with Crippen molar-refractivity contribution in [3.63, 3.8) is 0 Å². The lowest BCUT2D eigenvalue weighted by Crippen LogP contribution is -2.30. The van der Waals surface area contributed by atoms with Crippen molar-refractivity contribution in [1.82, 2.24) is 14.7 Å². The number of carbonyl (C=O) groups excluding carboxylic acids is 2. The van der Waals surface area contributed by atoms with Crippen LogP contribution in [0.5, 0.6) is 0 Å². The predicted molar refractivity (Wildman–Crippen MR) is 120 cm³/mol. The number of nitrogens with zero attached hydrogens (tertiary/aromatic N) is 2. The third-order valence-electron chi connectivity index (χ3n) is 5.91. The Morgan fingerprint density at radius 1 is 1.06 bits per heavy atom. The molecule has 2 heterocycles. The second-order valence-corrected chi connectivity index (χ2v) is 7.89. The third-order valence-corrected chi connectivity index (χ3v) is 5.91. The first-order valence-electron chi connectivity index (χ1n) is 9.85. The SMILES string of the molecule is C=C(CN1Cc2c(ccc3ccc(-c4ccc5[nH]n(C)c(=O)c5c4)cc23)C1=O)C(N)=O. The van der Waals surface area contributed by atoms with Crippen LogP contribution >= 0.6 is 0 Å². The number of nitrogens with two attached hydrogens (primary N) is 1. The van der Waals surface area contributed by atoms with Gasteiger partial charge >= 0.3 is 0 Å². The van der Waals surface area contributed by atoms with Crippen molar-refractivity contribution in [3.05, 3.63) is 82.2 Å². The first-order chi connectivity index (χ1) is 14.8. The standard InChI is InChI=1S/C24H20N4O3/c1-13(22(25)29)11-28-12-20-17(24(28)31)7-5-14-3-4-15(9-18(14)20)16-6-8-21-19(10-16)23(30)27(2)26-21/h3-10,26H,1,11-12H2,2H3,(H2,25,29). The van der Waals surface area contributed by atoms with Gasteiger partial charge in [-0.15, -0.1) is 0 Å². The van der Waals surface area contributed by atoms with Crippen molar-refractivity contribution in [2.45, 2.75) is 6.54 Å². The second kappa shape index (κ2) is 6.70. The van der Waals surface area contributed by atoms with Gasteiger partial charge in [0, 0.05) is 24.7 Å². The number of carbonyl (C=O) groups is 2. The first-order valence-corrected chi connectivity index (χ1v) is 9.85. The summed E-state index contributed by atoms with van der Waals surface area (Å²) in [5, 5.41) is 5.64. The highest BCUT2D eigenvalue weighted by atomic mass is 16.2. The van der Waals surface area contributed by atoms with Gasteiger partial charge in [0.2, 0.25) is 5.91 Å². The molecule has 4 aromatic rings. The van der Waals surface area contributed by atoms with Crippen LogP contribution in [-0.4, -0.2) is 33.0 Å². The summed E-state index contributed by atoms with van der Waals surface area (Å²) in [7, 11) is 1.69. The van der Waals surface area contributed by atoms with Crippen molar-refractivity contribution in [2.24, 2.45) is 12.8 Å². The molecular formula is C24H20N4O3. The van der Waals surface area contributed by atoms with Crippen LogP contribution in [0.15, 0.2) is 65.5 Å². The molecule has 154 valence electrons. The van der Waals surface area contributed by atoms with Crippen molar-refractivity contribution < 1.29 is 9.59 Å². The van der Waals surface area contributed by atoms with E-state index in [2.05, 4.69) is 11.7 Å². The molecule has 0 bridgehead atoms. The van der Waals surface area contributed by atoms with E-state index in [0.717, 1.165) is 33.0 Å². The fourth-order valence-corrected chi connectivity index (χ4v) is 4.21. The largest absolute Gasteiger partial charge is 0.366 e. The number of H-pyrrole nitrogens is 1. The van der Waals surface area contributed by atoms with Gasteiger partial charge in [-0.1, -0.05) is 30.8 Å². The molecule has 0 aliphatic carbocycles. The Hall–Kier alpha value is -4.13. The van der Waals surface area contributed by atoms with Crippen LogP contribution in [0.2, 0.25) is 0 Å². The number of hydrogen-bond donors (Lipinski definition) is 2. The Bertz CT molecular complexity index is 1490. The van der Waals surface area contributed by atoms with E-state index >= 15 is 0 Å². The third kappa shape index (κ3) is 2.93. The monoisotopic (exact) mass is 412 g/mol. The molecule has 1 aliphatic heterocycles. The molecule has 3 aromatic carbocycles. The molecule has 0 saturated heterocycles. The van der Waals surface area contributed by atoms with E-state index in [1.54, 1.807) is 11.9 Å². The Labute approximate surface area is 177 Å². The summed E-state index contributed by atoms with van der Waals surface area (Å²) < 4.78 is 1.46. The van der Waals surface area contributed by atoms with Crippen LogP contribution in [0.3, 0.4) is 0 Å². The van der Waals surface area contributed by atoms with Crippen LogP contribution in [0, 0.1) is 0 Å². The quantitative estimate of drug-likeness (QED) is 0.504. The molecule has 1 aliphatic rings. The van der Waals surface area contributed by atoms with Gasteiger partial charge in [0.05, 0.1) is 17.4 Å². The molecule has 1 aromatic heterocycles. The lowest BCUT2D eigenvalue weighted by Gasteiger charge is -2.15. The van der Waals surface area contributed by atoms with Gasteiger partial charge in [0.1, 0.15) is 0 Å². The fourth-order valence-electron chi connectivity index (χ4n) is 4.21. The van der Waals surface area contributed by atoms with Gasteiger partial charge in [-0.2, -0.15) is 0 Å². The predicted octanol–water partition coefficient (Wildman–Crippen LogP) is 2.68. The summed E-state index contributed by atoms with van der Waals surface area (Å²) in [6, 6.07) is 15.6. The number of hydrogen-bond acceptors (Lipinski definition) is 3. The molecule has 2 amide bonds. The zero-order chi connectivity index (χ0) is 21.9. The molecule has 7 heteroatoms. The van der Waals surface area contributed by atoms with Crippen molar-refractivity contribution >= 4 is 33.5 Å². The lowest BCUT2D eigenvalue weighted by atomic mass is 9.96. The summed E-state index contributed by atoms with van der Waals surface area (Å²) in [6.45, 7) is 4.16. The molecule has 0 spiro atoms. The number of primary amides is 1. The molecule has 0 radical (unpaired) electrons. The number of rotatable bonds is 4. The number of amides is 2. The molecule has 7 nitrogen and oxygen atoms in total. The van der Waals surface area contributed by atoms with E-state index in [1.165, 1.54) is 4.68 Å². The van der Waals surface area contributed by atoms with Crippen LogP contribution < -0.4 is 11.3 Å². The van der Waals surface area contributed by atoms with Crippen LogP contribution in [-0.2, 0) is 18.4 Å². The van der Waals surface area contributed by atoms with Crippen molar-refractivity contribution in [3.8, 4) is 11.1 Å². The molecule has 0 saturated carbocycles. The summed E-state index contributed by atoms with van der Waals surface area (Å²) in [5.41, 5.74) is 9.62. The van der Waals surface area contributed by atoms with Crippen LogP contribution in [0.4, 0.5) is 0 Å². The average Bonchev–Trinajstić information content (AvgIpc) is 3.23. The highest BCUT2D eigenvalue weighted by Gasteiger charge is 2.29. The highest BCUT2D eigenvalue weighted by molar-refractivity contribution is 6.06. The van der Waals surface area contributed by atoms with E-state index < -0.39 is 5.91 Å². The van der Waals surface area contributed by atoms with E-state index in [-0.39, 0.29) is 23.6 Å². The molecular weight excluding hydrogens is 392 g/mol. The maximum Gasteiger partial charge on any atom is 0.274 e. The number of nitrogens with one attached hydrogen (secondary N) is 1. The summed E-state index contributed by atoms with van der Waals surface area (Å²) in [6.07, 6.45) is 0. The number of aromatic amines is 1. The minimum Gasteiger partial charge on any atom is -0.366 e. The normalized spacial score (nSPS) is 13.2. The number of benzene rings is 3. The number of fused-ring (bicyclic) bond motifs is 4. The number of aryl methyl sites for hydroxylation is 1. The molecule has 31 heavy (non-hydrogen) atoms. The van der Waals surface area contributed by atoms with Gasteiger partial charge in [-0.25, -0.2) is 0 Å². The van der Waals surface area contributed by atoms with Gasteiger partial charge in [0.15, 0.2) is 0 Å². The Kier molecular flexibility index (Phi) is 4.08. The lowest BCUT2D eigenvalue weighted by molar-refractivity contribution is -0.114. The maximum absolute atomic E-state index is 12.8. The van der Waals surface area contributed by atoms with Gasteiger partial charge in [-0.05, 0) is 51.7 Å². The molecule has 0 atom stereocenters. The Balaban J connectivity index is 1.60. The van der Waals surface area contributed by atoms with E-state index in [4.69, 9.17) is 5.73 Å². The van der Waals surface area contributed by atoms with Crippen molar-refractivity contribution in [1.29, 1.82) is 0 Å². The minimum atomic E-state index is -0.609. The van der Waals surface area contributed by atoms with Crippen LogP contribution in [0.25, 0.3) is 32.8 Å². The van der Waals surface area contributed by atoms with Gasteiger partial charge < -0.3 is 10.6 Å². The summed E-state index contributed by atoms with van der Waals surface area (Å²) in [4.78, 5) is 38.1. The van der Waals surface area contributed by atoms with E-state index in [9.17, 15) is 14.4 Å². The summed E-state index contributed by atoms with van der Waals surface area (Å²) in [5.74, 6) is -0.746. The van der Waals surface area contributed by atoms with Gasteiger partial charge in [0.25, 0.3) is 11.5 Å². The minimum absolute atomic E-state index is 0.0746. The maximum atomic E-state index is 12.8. The topological polar surface area (TPSA) is 101 Å². The van der Waals surface area contributed by atoms with E-state index in [1.807, 2.05) is 48.5 Å². The number of aromatic nitrogens is 2. The Morgan fingerprint density at radius 3 is 2.48 bits per heavy atom. The first kappa shape index (κ1) is 18.9. The second-order valence-electron chi connectivity index (χ2n) is 7.89. The van der Waals surface area contributed by atoms with Crippen LogP contribution in [0.1, 0.15) is 15.9 Å². The van der Waals surface area contributed by atoms with Gasteiger partial charge in [-0.3, -0.25) is 24.2 Å². The van der Waals surface area contributed by atoms with Crippen molar-refractivity contribution in [2.75, 3.05) is 6.54 Å². The molecule has 0 unspecified atom stereocenters. The summed E-state index contributed by atoms with van der Waals surface area (Å²) >= 11 is 0. The zero-order valence-electron chi connectivity index (χ0n) is 16.9. The Morgan fingerprint density at radius 2 is 1.74 bits per heavy atom. The molecule has 5 rings (SSSR count). The molecule has 3 N–H and O–H groups in total. The average molecular weight is 412 g/mol.